The average Bonchev–Trinajstić information content (AvgIpc) is 2.26. The lowest BCUT2D eigenvalue weighted by molar-refractivity contribution is -0.137. The molecule has 0 aromatic rings. The summed E-state index contributed by atoms with van der Waals surface area (Å²) in [5, 5.41) is 18.2. The fourth-order valence-electron chi connectivity index (χ4n) is 1.37. The molecule has 6 heteroatoms. The van der Waals surface area contributed by atoms with Crippen molar-refractivity contribution in [3.8, 4) is 0 Å². The zero-order valence-corrected chi connectivity index (χ0v) is 12.3. The van der Waals surface area contributed by atoms with Crippen molar-refractivity contribution in [2.45, 2.75) is 38.2 Å². The van der Waals surface area contributed by atoms with Crippen molar-refractivity contribution in [1.82, 2.24) is 0 Å². The van der Waals surface area contributed by atoms with Gasteiger partial charge in [0.05, 0.1) is 25.4 Å². The van der Waals surface area contributed by atoms with Crippen molar-refractivity contribution < 1.29 is 24.5 Å². The molecule has 3 atom stereocenters. The molecule has 0 rings (SSSR count). The molecule has 3 unspecified atom stereocenters. The van der Waals surface area contributed by atoms with Crippen LogP contribution in [0.3, 0.4) is 0 Å². The quantitative estimate of drug-likeness (QED) is 0.627. The molecule has 0 heterocycles. The number of carboxylic acid groups (broad SMARTS) is 1. The van der Waals surface area contributed by atoms with Gasteiger partial charge < -0.3 is 19.7 Å². The van der Waals surface area contributed by atoms with Crippen molar-refractivity contribution in [3.05, 3.63) is 0 Å². The molecule has 0 aliphatic rings. The maximum atomic E-state index is 11.0. The standard InChI is InChI=1S/C12H24O5S/c1-8(2)11(12(14)15)18-7-10(13)6-17-9(3)5-16-4/h8-11,13H,5-7H2,1-4H3,(H,14,15). The number of hydrogen-bond donors (Lipinski definition) is 2. The number of carbonyl (C=O) groups is 1. The molecule has 5 nitrogen and oxygen atoms in total. The van der Waals surface area contributed by atoms with Gasteiger partial charge in [-0.3, -0.25) is 4.79 Å². The largest absolute Gasteiger partial charge is 0.480 e. The van der Waals surface area contributed by atoms with Gasteiger partial charge in [-0.2, -0.15) is 0 Å². The molecule has 0 bridgehead atoms. The monoisotopic (exact) mass is 280 g/mol. The van der Waals surface area contributed by atoms with Crippen LogP contribution >= 0.6 is 11.8 Å². The van der Waals surface area contributed by atoms with E-state index in [1.165, 1.54) is 11.8 Å². The Morgan fingerprint density at radius 2 is 1.89 bits per heavy atom. The number of ether oxygens (including phenoxy) is 2. The number of carboxylic acids is 1. The van der Waals surface area contributed by atoms with Crippen molar-refractivity contribution in [3.63, 3.8) is 0 Å². The molecular formula is C12H24O5S. The lowest BCUT2D eigenvalue weighted by atomic mass is 10.1. The van der Waals surface area contributed by atoms with Crippen LogP contribution in [0.15, 0.2) is 0 Å². The molecule has 0 saturated heterocycles. The van der Waals surface area contributed by atoms with E-state index in [2.05, 4.69) is 0 Å². The molecule has 0 aliphatic heterocycles. The first-order valence-corrected chi connectivity index (χ1v) is 7.06. The van der Waals surface area contributed by atoms with Gasteiger partial charge in [0.2, 0.25) is 0 Å². The van der Waals surface area contributed by atoms with E-state index in [1.807, 2.05) is 20.8 Å². The smallest absolute Gasteiger partial charge is 0.316 e. The van der Waals surface area contributed by atoms with E-state index in [0.717, 1.165) is 0 Å². The fraction of sp³-hybridized carbons (Fsp3) is 0.917. The molecule has 0 aliphatic carbocycles. The number of thioether (sulfide) groups is 1. The van der Waals surface area contributed by atoms with Crippen LogP contribution in [0.1, 0.15) is 20.8 Å². The molecule has 0 saturated carbocycles. The van der Waals surface area contributed by atoms with Crippen molar-refractivity contribution in [2.75, 3.05) is 26.1 Å². The van der Waals surface area contributed by atoms with Gasteiger partial charge in [0.25, 0.3) is 0 Å². The van der Waals surface area contributed by atoms with Crippen LogP contribution in [0.2, 0.25) is 0 Å². The Hall–Kier alpha value is -0.300. The summed E-state index contributed by atoms with van der Waals surface area (Å²) in [6.07, 6.45) is -0.732. The summed E-state index contributed by atoms with van der Waals surface area (Å²) in [6.45, 7) is 6.24. The summed E-state index contributed by atoms with van der Waals surface area (Å²) in [4.78, 5) is 11.0. The maximum absolute atomic E-state index is 11.0. The summed E-state index contributed by atoms with van der Waals surface area (Å²) in [6, 6.07) is 0. The van der Waals surface area contributed by atoms with Crippen LogP contribution in [0.5, 0.6) is 0 Å². The minimum Gasteiger partial charge on any atom is -0.480 e. The van der Waals surface area contributed by atoms with Crippen LogP contribution < -0.4 is 0 Å². The normalized spacial score (nSPS) is 16.6. The summed E-state index contributed by atoms with van der Waals surface area (Å²) in [5.41, 5.74) is 0. The van der Waals surface area contributed by atoms with E-state index in [1.54, 1.807) is 7.11 Å². The van der Waals surface area contributed by atoms with Gasteiger partial charge in [0, 0.05) is 12.9 Å². The zero-order chi connectivity index (χ0) is 14.1. The topological polar surface area (TPSA) is 76.0 Å². The lowest BCUT2D eigenvalue weighted by Gasteiger charge is -2.19. The second-order valence-corrected chi connectivity index (χ2v) is 5.76. The van der Waals surface area contributed by atoms with Gasteiger partial charge in [-0.05, 0) is 12.8 Å². The predicted molar refractivity (Wildman–Crippen MR) is 72.0 cm³/mol. The minimum absolute atomic E-state index is 0.0352. The highest BCUT2D eigenvalue weighted by molar-refractivity contribution is 8.00. The first-order chi connectivity index (χ1) is 8.38. The number of aliphatic carboxylic acids is 1. The molecule has 18 heavy (non-hydrogen) atoms. The third-order valence-electron chi connectivity index (χ3n) is 2.29. The van der Waals surface area contributed by atoms with Gasteiger partial charge in [-0.1, -0.05) is 13.8 Å². The molecule has 0 aromatic carbocycles. The van der Waals surface area contributed by atoms with Crippen LogP contribution in [0.25, 0.3) is 0 Å². The van der Waals surface area contributed by atoms with Crippen LogP contribution in [0.4, 0.5) is 0 Å². The average molecular weight is 280 g/mol. The first-order valence-electron chi connectivity index (χ1n) is 6.01. The number of aliphatic hydroxyl groups excluding tert-OH is 1. The van der Waals surface area contributed by atoms with Gasteiger partial charge in [0.15, 0.2) is 0 Å². The number of hydrogen-bond acceptors (Lipinski definition) is 5. The van der Waals surface area contributed by atoms with Gasteiger partial charge in [0.1, 0.15) is 5.25 Å². The van der Waals surface area contributed by atoms with Crippen molar-refractivity contribution >= 4 is 17.7 Å². The van der Waals surface area contributed by atoms with Gasteiger partial charge >= 0.3 is 5.97 Å². The molecule has 0 spiro atoms. The van der Waals surface area contributed by atoms with Crippen LogP contribution in [-0.2, 0) is 14.3 Å². The van der Waals surface area contributed by atoms with Crippen molar-refractivity contribution in [2.24, 2.45) is 5.92 Å². The third-order valence-corrected chi connectivity index (χ3v) is 3.97. The number of aliphatic hydroxyl groups is 1. The third kappa shape index (κ3) is 7.92. The Labute approximate surface area is 113 Å². The lowest BCUT2D eigenvalue weighted by Crippen LogP contribution is -2.28. The Kier molecular flexibility index (Phi) is 9.45. The molecule has 2 N–H and O–H groups in total. The van der Waals surface area contributed by atoms with Crippen LogP contribution in [0, 0.1) is 5.92 Å². The highest BCUT2D eigenvalue weighted by Crippen LogP contribution is 2.20. The molecule has 0 fully saturated rings. The predicted octanol–water partition coefficient (Wildman–Crippen LogP) is 1.24. The highest BCUT2D eigenvalue weighted by atomic mass is 32.2. The van der Waals surface area contributed by atoms with Crippen molar-refractivity contribution in [1.29, 1.82) is 0 Å². The summed E-state index contributed by atoms with van der Waals surface area (Å²) >= 11 is 1.25. The molecular weight excluding hydrogens is 256 g/mol. The molecule has 0 aromatic heterocycles. The van der Waals surface area contributed by atoms with E-state index in [-0.39, 0.29) is 18.6 Å². The Bertz CT molecular complexity index is 235. The second kappa shape index (κ2) is 9.61. The van der Waals surface area contributed by atoms with Gasteiger partial charge in [-0.25, -0.2) is 0 Å². The summed E-state index contributed by atoms with van der Waals surface area (Å²) in [5.74, 6) is -0.446. The van der Waals surface area contributed by atoms with E-state index in [4.69, 9.17) is 14.6 Å². The highest BCUT2D eigenvalue weighted by Gasteiger charge is 2.23. The fourth-order valence-corrected chi connectivity index (χ4v) is 2.42. The van der Waals surface area contributed by atoms with E-state index >= 15 is 0 Å². The first kappa shape index (κ1) is 17.7. The van der Waals surface area contributed by atoms with Gasteiger partial charge in [-0.15, -0.1) is 11.8 Å². The molecule has 0 amide bonds. The summed E-state index contributed by atoms with van der Waals surface area (Å²) < 4.78 is 10.3. The van der Waals surface area contributed by atoms with E-state index < -0.39 is 17.3 Å². The molecule has 108 valence electrons. The Balaban J connectivity index is 3.87. The van der Waals surface area contributed by atoms with Crippen LogP contribution in [-0.4, -0.2) is 59.7 Å². The van der Waals surface area contributed by atoms with E-state index in [0.29, 0.717) is 12.4 Å². The molecule has 0 radical (unpaired) electrons. The zero-order valence-electron chi connectivity index (χ0n) is 11.5. The minimum atomic E-state index is -0.837. The van der Waals surface area contributed by atoms with E-state index in [9.17, 15) is 9.90 Å². The Morgan fingerprint density at radius 3 is 2.33 bits per heavy atom. The Morgan fingerprint density at radius 1 is 1.28 bits per heavy atom. The SMILES string of the molecule is COCC(C)OCC(O)CSC(C(=O)O)C(C)C. The summed E-state index contributed by atoms with van der Waals surface area (Å²) in [7, 11) is 1.59. The number of rotatable bonds is 10. The number of methoxy groups -OCH3 is 1. The maximum Gasteiger partial charge on any atom is 0.316 e. The second-order valence-electron chi connectivity index (χ2n) is 4.59.